The first-order valence-corrected chi connectivity index (χ1v) is 8.62. The molecule has 5 heteroatoms. The summed E-state index contributed by atoms with van der Waals surface area (Å²) in [6, 6.07) is 0.530. The Kier molecular flexibility index (Phi) is 7.04. The maximum atomic E-state index is 4.51. The smallest absolute Gasteiger partial charge is 0.185 e. The number of aromatic nitrogens is 1. The van der Waals surface area contributed by atoms with E-state index in [4.69, 9.17) is 0 Å². The molecule has 0 spiro atoms. The number of anilines is 1. The highest BCUT2D eigenvalue weighted by Gasteiger charge is 2.13. The fourth-order valence-electron chi connectivity index (χ4n) is 1.57. The van der Waals surface area contributed by atoms with E-state index in [1.807, 2.05) is 18.0 Å². The lowest BCUT2D eigenvalue weighted by Crippen LogP contribution is -2.30. The summed E-state index contributed by atoms with van der Waals surface area (Å²) in [4.78, 5) is 8.10. The van der Waals surface area contributed by atoms with Gasteiger partial charge in [-0.1, -0.05) is 13.8 Å². The van der Waals surface area contributed by atoms with Crippen LogP contribution in [0.15, 0.2) is 6.20 Å². The quantitative estimate of drug-likeness (QED) is 0.795. The summed E-state index contributed by atoms with van der Waals surface area (Å²) in [5.41, 5.74) is 0. The normalized spacial score (nSPS) is 13.0. The highest BCUT2D eigenvalue weighted by atomic mass is 32.2. The molecule has 0 amide bonds. The summed E-state index contributed by atoms with van der Waals surface area (Å²) in [7, 11) is 2.13. The van der Waals surface area contributed by atoms with E-state index in [9.17, 15) is 0 Å². The number of nitrogens with one attached hydrogen (secondary N) is 1. The van der Waals surface area contributed by atoms with Gasteiger partial charge in [0, 0.05) is 36.5 Å². The Labute approximate surface area is 119 Å². The molecule has 0 aliphatic heterocycles. The Balaban J connectivity index is 2.46. The molecule has 104 valence electrons. The average Bonchev–Trinajstić information content (AvgIpc) is 2.76. The standard InChI is InChI=1S/C13H25N3S2/c1-10(2)6-14-7-12-8-15-13(18-12)16(4)11(3)9-17-5/h8,10-11,14H,6-7,9H2,1-5H3. The zero-order valence-electron chi connectivity index (χ0n) is 12.1. The van der Waals surface area contributed by atoms with Gasteiger partial charge in [-0.15, -0.1) is 11.3 Å². The van der Waals surface area contributed by atoms with Crippen molar-refractivity contribution < 1.29 is 0 Å². The third-order valence-corrected chi connectivity index (χ3v) is 4.67. The van der Waals surface area contributed by atoms with Gasteiger partial charge in [-0.2, -0.15) is 11.8 Å². The highest BCUT2D eigenvalue weighted by Crippen LogP contribution is 2.23. The van der Waals surface area contributed by atoms with E-state index in [1.165, 1.54) is 4.88 Å². The van der Waals surface area contributed by atoms with Crippen molar-refractivity contribution in [3.8, 4) is 0 Å². The molecule has 0 fully saturated rings. The summed E-state index contributed by atoms with van der Waals surface area (Å²) in [6.07, 6.45) is 4.14. The largest absolute Gasteiger partial charge is 0.348 e. The molecule has 1 atom stereocenters. The second kappa shape index (κ2) is 8.02. The Morgan fingerprint density at radius 1 is 1.44 bits per heavy atom. The van der Waals surface area contributed by atoms with E-state index in [2.05, 4.69) is 49.3 Å². The number of thiazole rings is 1. The number of hydrogen-bond donors (Lipinski definition) is 1. The molecular weight excluding hydrogens is 262 g/mol. The van der Waals surface area contributed by atoms with Crippen LogP contribution in [0.5, 0.6) is 0 Å². The second-order valence-corrected chi connectivity index (χ2v) is 7.05. The summed E-state index contributed by atoms with van der Waals surface area (Å²) in [5, 5.41) is 4.58. The lowest BCUT2D eigenvalue weighted by molar-refractivity contribution is 0.554. The summed E-state index contributed by atoms with van der Waals surface area (Å²) in [6.45, 7) is 8.69. The Bertz CT molecular complexity index is 339. The molecule has 0 saturated carbocycles. The third-order valence-electron chi connectivity index (χ3n) is 2.76. The van der Waals surface area contributed by atoms with Crippen LogP contribution >= 0.6 is 23.1 Å². The van der Waals surface area contributed by atoms with E-state index < -0.39 is 0 Å². The van der Waals surface area contributed by atoms with Crippen LogP contribution in [0, 0.1) is 5.92 Å². The van der Waals surface area contributed by atoms with Gasteiger partial charge in [0.05, 0.1) is 0 Å². The monoisotopic (exact) mass is 287 g/mol. The minimum absolute atomic E-state index is 0.530. The zero-order chi connectivity index (χ0) is 13.5. The van der Waals surface area contributed by atoms with Crippen molar-refractivity contribution in [2.75, 3.05) is 30.5 Å². The topological polar surface area (TPSA) is 28.2 Å². The zero-order valence-corrected chi connectivity index (χ0v) is 13.7. The van der Waals surface area contributed by atoms with Gasteiger partial charge in [-0.25, -0.2) is 4.98 Å². The summed E-state index contributed by atoms with van der Waals surface area (Å²) < 4.78 is 0. The molecule has 18 heavy (non-hydrogen) atoms. The van der Waals surface area contributed by atoms with Crippen LogP contribution in [0.3, 0.4) is 0 Å². The number of thioether (sulfide) groups is 1. The van der Waals surface area contributed by atoms with Crippen LogP contribution in [-0.2, 0) is 6.54 Å². The lowest BCUT2D eigenvalue weighted by Gasteiger charge is -2.23. The first-order valence-electron chi connectivity index (χ1n) is 6.41. The van der Waals surface area contributed by atoms with Gasteiger partial charge in [-0.05, 0) is 25.6 Å². The molecule has 1 unspecified atom stereocenters. The van der Waals surface area contributed by atoms with E-state index in [0.29, 0.717) is 12.0 Å². The predicted octanol–water partition coefficient (Wildman–Crippen LogP) is 3.08. The first-order chi connectivity index (χ1) is 8.54. The lowest BCUT2D eigenvalue weighted by atomic mass is 10.2. The highest BCUT2D eigenvalue weighted by molar-refractivity contribution is 7.98. The van der Waals surface area contributed by atoms with Crippen LogP contribution in [0.25, 0.3) is 0 Å². The fourth-order valence-corrected chi connectivity index (χ4v) is 3.22. The molecule has 0 bridgehead atoms. The minimum Gasteiger partial charge on any atom is -0.348 e. The molecule has 1 aromatic rings. The van der Waals surface area contributed by atoms with Crippen molar-refractivity contribution >= 4 is 28.2 Å². The van der Waals surface area contributed by atoms with E-state index >= 15 is 0 Å². The molecule has 0 aliphatic rings. The Morgan fingerprint density at radius 2 is 2.17 bits per heavy atom. The van der Waals surface area contributed by atoms with Gasteiger partial charge in [0.2, 0.25) is 0 Å². The molecule has 0 aromatic carbocycles. The maximum Gasteiger partial charge on any atom is 0.185 e. The van der Waals surface area contributed by atoms with Crippen LogP contribution in [0.2, 0.25) is 0 Å². The van der Waals surface area contributed by atoms with Gasteiger partial charge in [0.25, 0.3) is 0 Å². The molecule has 1 heterocycles. The van der Waals surface area contributed by atoms with Crippen LogP contribution < -0.4 is 10.2 Å². The summed E-state index contributed by atoms with van der Waals surface area (Å²) >= 11 is 3.67. The average molecular weight is 287 g/mol. The van der Waals surface area contributed by atoms with Crippen molar-refractivity contribution in [1.29, 1.82) is 0 Å². The molecule has 1 N–H and O–H groups in total. The Hall–Kier alpha value is -0.260. The van der Waals surface area contributed by atoms with Crippen molar-refractivity contribution in [3.63, 3.8) is 0 Å². The third kappa shape index (κ3) is 5.16. The van der Waals surface area contributed by atoms with E-state index in [0.717, 1.165) is 24.0 Å². The van der Waals surface area contributed by atoms with Crippen molar-refractivity contribution in [2.45, 2.75) is 33.4 Å². The predicted molar refractivity (Wildman–Crippen MR) is 84.9 cm³/mol. The molecule has 0 radical (unpaired) electrons. The second-order valence-electron chi connectivity index (χ2n) is 5.05. The van der Waals surface area contributed by atoms with Gasteiger partial charge in [-0.3, -0.25) is 0 Å². The number of hydrogen-bond acceptors (Lipinski definition) is 5. The van der Waals surface area contributed by atoms with Crippen molar-refractivity contribution in [1.82, 2.24) is 10.3 Å². The van der Waals surface area contributed by atoms with Gasteiger partial charge < -0.3 is 10.2 Å². The first kappa shape index (κ1) is 15.8. The fraction of sp³-hybridized carbons (Fsp3) is 0.769. The Morgan fingerprint density at radius 3 is 2.78 bits per heavy atom. The molecule has 0 saturated heterocycles. The minimum atomic E-state index is 0.530. The van der Waals surface area contributed by atoms with Gasteiger partial charge in [0.15, 0.2) is 5.13 Å². The summed E-state index contributed by atoms with van der Waals surface area (Å²) in [5.74, 6) is 1.83. The molecule has 1 rings (SSSR count). The van der Waals surface area contributed by atoms with Crippen molar-refractivity contribution in [2.24, 2.45) is 5.92 Å². The van der Waals surface area contributed by atoms with Crippen LogP contribution in [0.4, 0.5) is 5.13 Å². The van der Waals surface area contributed by atoms with Crippen LogP contribution in [-0.4, -0.2) is 36.6 Å². The van der Waals surface area contributed by atoms with Crippen LogP contribution in [0.1, 0.15) is 25.6 Å². The molecular formula is C13H25N3S2. The van der Waals surface area contributed by atoms with E-state index in [-0.39, 0.29) is 0 Å². The number of nitrogens with zero attached hydrogens (tertiary/aromatic N) is 2. The van der Waals surface area contributed by atoms with Gasteiger partial charge >= 0.3 is 0 Å². The van der Waals surface area contributed by atoms with Crippen molar-refractivity contribution in [3.05, 3.63) is 11.1 Å². The molecule has 0 aliphatic carbocycles. The SMILES string of the molecule is CSCC(C)N(C)c1ncc(CNCC(C)C)s1. The molecule has 3 nitrogen and oxygen atoms in total. The molecule has 1 aromatic heterocycles. The van der Waals surface area contributed by atoms with E-state index in [1.54, 1.807) is 11.3 Å². The number of rotatable bonds is 8. The maximum absolute atomic E-state index is 4.51. The van der Waals surface area contributed by atoms with Gasteiger partial charge in [0.1, 0.15) is 0 Å².